The molecule has 0 heterocycles. The summed E-state index contributed by atoms with van der Waals surface area (Å²) in [7, 11) is 0. The van der Waals surface area contributed by atoms with Crippen molar-refractivity contribution >= 4 is 0 Å². The van der Waals surface area contributed by atoms with Crippen LogP contribution in [0.4, 0.5) is 0 Å². The molecule has 0 aliphatic heterocycles. The topological polar surface area (TPSA) is 0 Å². The molecule has 0 aromatic rings. The summed E-state index contributed by atoms with van der Waals surface area (Å²) in [6, 6.07) is 0. The summed E-state index contributed by atoms with van der Waals surface area (Å²) in [5.74, 6) is 0.474. The third-order valence-corrected chi connectivity index (χ3v) is 1.65. The van der Waals surface area contributed by atoms with Crippen LogP contribution in [0.1, 0.15) is 20.3 Å². The fourth-order valence-electron chi connectivity index (χ4n) is 0.816. The van der Waals surface area contributed by atoms with Crippen molar-refractivity contribution in [3.05, 3.63) is 49.1 Å². The van der Waals surface area contributed by atoms with Crippen molar-refractivity contribution in [3.63, 3.8) is 0 Å². The van der Waals surface area contributed by atoms with Gasteiger partial charge < -0.3 is 0 Å². The van der Waals surface area contributed by atoms with E-state index < -0.39 is 0 Å². The monoisotopic (exact) mass is 162 g/mol. The second-order valence-corrected chi connectivity index (χ2v) is 2.98. The molecule has 0 saturated heterocycles. The number of hydrogen-bond acceptors (Lipinski definition) is 0. The third-order valence-electron chi connectivity index (χ3n) is 1.65. The first-order valence-electron chi connectivity index (χ1n) is 4.28. The highest BCUT2D eigenvalue weighted by molar-refractivity contribution is 5.12. The zero-order valence-electron chi connectivity index (χ0n) is 8.09. The fourth-order valence-corrected chi connectivity index (χ4v) is 0.816. The fraction of sp³-hybridized carbons (Fsp3) is 0.333. The van der Waals surface area contributed by atoms with Crippen LogP contribution in [0, 0.1) is 5.92 Å². The maximum atomic E-state index is 3.71. The standard InChI is InChI=1S/C12H18/c1-5-8-12(4)10-7-9-11(3)6-2/h5-9,11H,1-2,10H2,3-4H3. The zero-order valence-corrected chi connectivity index (χ0v) is 8.09. The molecule has 0 aliphatic rings. The molecular formula is C12H18. The Balaban J connectivity index is 3.81. The molecule has 1 atom stereocenters. The quantitative estimate of drug-likeness (QED) is 0.425. The predicted molar refractivity (Wildman–Crippen MR) is 57.1 cm³/mol. The van der Waals surface area contributed by atoms with Gasteiger partial charge in [-0.3, -0.25) is 0 Å². The molecule has 0 bridgehead atoms. The normalized spacial score (nSPS) is 14.7. The molecule has 0 aromatic heterocycles. The summed E-state index contributed by atoms with van der Waals surface area (Å²) in [4.78, 5) is 0. The molecule has 0 N–H and O–H groups in total. The lowest BCUT2D eigenvalue weighted by atomic mass is 10.1. The van der Waals surface area contributed by atoms with Crippen LogP contribution in [0.3, 0.4) is 0 Å². The molecule has 0 saturated carbocycles. The number of allylic oxidation sites excluding steroid dienone is 6. The van der Waals surface area contributed by atoms with E-state index in [0.717, 1.165) is 6.42 Å². The van der Waals surface area contributed by atoms with Crippen LogP contribution in [0.15, 0.2) is 49.1 Å². The average molecular weight is 162 g/mol. The lowest BCUT2D eigenvalue weighted by Crippen LogP contribution is -1.80. The summed E-state index contributed by atoms with van der Waals surface area (Å²) >= 11 is 0. The van der Waals surface area contributed by atoms with Gasteiger partial charge in [-0.1, -0.05) is 49.5 Å². The lowest BCUT2D eigenvalue weighted by molar-refractivity contribution is 0.935. The van der Waals surface area contributed by atoms with E-state index in [-0.39, 0.29) is 0 Å². The Labute approximate surface area is 76.0 Å². The van der Waals surface area contributed by atoms with Crippen molar-refractivity contribution in [3.8, 4) is 0 Å². The maximum absolute atomic E-state index is 3.71. The van der Waals surface area contributed by atoms with Gasteiger partial charge in [0, 0.05) is 0 Å². The molecule has 0 radical (unpaired) electrons. The van der Waals surface area contributed by atoms with Crippen LogP contribution in [0.2, 0.25) is 0 Å². The summed E-state index contributed by atoms with van der Waals surface area (Å²) in [6.45, 7) is 11.6. The second kappa shape index (κ2) is 6.66. The molecular weight excluding hydrogens is 144 g/mol. The Morgan fingerprint density at radius 3 is 2.58 bits per heavy atom. The van der Waals surface area contributed by atoms with Gasteiger partial charge in [0.25, 0.3) is 0 Å². The molecule has 0 rings (SSSR count). The second-order valence-electron chi connectivity index (χ2n) is 2.98. The minimum atomic E-state index is 0.474. The van der Waals surface area contributed by atoms with Crippen molar-refractivity contribution in [1.82, 2.24) is 0 Å². The molecule has 0 spiro atoms. The van der Waals surface area contributed by atoms with Crippen molar-refractivity contribution in [2.45, 2.75) is 20.3 Å². The van der Waals surface area contributed by atoms with Crippen molar-refractivity contribution in [2.24, 2.45) is 5.92 Å². The lowest BCUT2D eigenvalue weighted by Gasteiger charge is -1.96. The van der Waals surface area contributed by atoms with Crippen molar-refractivity contribution in [2.75, 3.05) is 0 Å². The maximum Gasteiger partial charge on any atom is -0.00845 e. The Kier molecular flexibility index (Phi) is 6.08. The molecule has 0 aliphatic carbocycles. The first-order valence-corrected chi connectivity index (χ1v) is 4.28. The molecule has 0 aromatic carbocycles. The smallest absolute Gasteiger partial charge is 0.00845 e. The van der Waals surface area contributed by atoms with E-state index in [1.807, 2.05) is 18.2 Å². The van der Waals surface area contributed by atoms with Gasteiger partial charge in [0.1, 0.15) is 0 Å². The van der Waals surface area contributed by atoms with Gasteiger partial charge in [0.2, 0.25) is 0 Å². The van der Waals surface area contributed by atoms with Crippen molar-refractivity contribution in [1.29, 1.82) is 0 Å². The van der Waals surface area contributed by atoms with E-state index in [1.165, 1.54) is 5.57 Å². The Morgan fingerprint density at radius 2 is 2.08 bits per heavy atom. The molecule has 12 heavy (non-hydrogen) atoms. The first-order chi connectivity index (χ1) is 5.70. The Morgan fingerprint density at radius 1 is 1.42 bits per heavy atom. The van der Waals surface area contributed by atoms with Gasteiger partial charge in [0.15, 0.2) is 0 Å². The first kappa shape index (κ1) is 11.0. The van der Waals surface area contributed by atoms with E-state index in [1.54, 1.807) is 0 Å². The highest BCUT2D eigenvalue weighted by Crippen LogP contribution is 2.04. The summed E-state index contributed by atoms with van der Waals surface area (Å²) in [5, 5.41) is 0. The predicted octanol–water partition coefficient (Wildman–Crippen LogP) is 3.89. The largest absolute Gasteiger partial charge is 0.102 e. The highest BCUT2D eigenvalue weighted by atomic mass is 13.9. The Hall–Kier alpha value is -1.04. The SMILES string of the molecule is C=CC=C(C)CC=CC(C)C=C. The van der Waals surface area contributed by atoms with Crippen LogP contribution in [-0.2, 0) is 0 Å². The molecule has 1 unspecified atom stereocenters. The van der Waals surface area contributed by atoms with Gasteiger partial charge in [-0.05, 0) is 19.3 Å². The van der Waals surface area contributed by atoms with Crippen LogP contribution in [-0.4, -0.2) is 0 Å². The minimum absolute atomic E-state index is 0.474. The van der Waals surface area contributed by atoms with E-state index in [0.29, 0.717) is 5.92 Å². The highest BCUT2D eigenvalue weighted by Gasteiger charge is 1.86. The van der Waals surface area contributed by atoms with E-state index in [2.05, 4.69) is 39.2 Å². The molecule has 0 nitrogen and oxygen atoms in total. The molecule has 0 heteroatoms. The molecule has 0 fully saturated rings. The summed E-state index contributed by atoms with van der Waals surface area (Å²) in [6.07, 6.45) is 11.1. The number of rotatable bonds is 5. The minimum Gasteiger partial charge on any atom is -0.102 e. The van der Waals surface area contributed by atoms with Crippen LogP contribution < -0.4 is 0 Å². The third kappa shape index (κ3) is 5.72. The van der Waals surface area contributed by atoms with Gasteiger partial charge in [0.05, 0.1) is 0 Å². The van der Waals surface area contributed by atoms with Gasteiger partial charge in [-0.2, -0.15) is 0 Å². The van der Waals surface area contributed by atoms with Crippen LogP contribution >= 0.6 is 0 Å². The number of hydrogen-bond donors (Lipinski definition) is 0. The molecule has 0 amide bonds. The van der Waals surface area contributed by atoms with E-state index >= 15 is 0 Å². The zero-order chi connectivity index (χ0) is 9.40. The van der Waals surface area contributed by atoms with Gasteiger partial charge in [-0.25, -0.2) is 0 Å². The van der Waals surface area contributed by atoms with Crippen molar-refractivity contribution < 1.29 is 0 Å². The van der Waals surface area contributed by atoms with E-state index in [9.17, 15) is 0 Å². The Bertz CT molecular complexity index is 194. The van der Waals surface area contributed by atoms with Gasteiger partial charge in [-0.15, -0.1) is 6.58 Å². The summed E-state index contributed by atoms with van der Waals surface area (Å²) in [5.41, 5.74) is 1.33. The summed E-state index contributed by atoms with van der Waals surface area (Å²) < 4.78 is 0. The van der Waals surface area contributed by atoms with Gasteiger partial charge >= 0.3 is 0 Å². The van der Waals surface area contributed by atoms with Crippen LogP contribution in [0.25, 0.3) is 0 Å². The molecule has 66 valence electrons. The average Bonchev–Trinajstić information content (AvgIpc) is 2.04. The van der Waals surface area contributed by atoms with Crippen LogP contribution in [0.5, 0.6) is 0 Å². The van der Waals surface area contributed by atoms with E-state index in [4.69, 9.17) is 0 Å².